The van der Waals surface area contributed by atoms with Gasteiger partial charge in [0.25, 0.3) is 0 Å². The van der Waals surface area contributed by atoms with Crippen LogP contribution in [0.3, 0.4) is 0 Å². The van der Waals surface area contributed by atoms with Crippen LogP contribution in [0.5, 0.6) is 0 Å². The first kappa shape index (κ1) is 22.5. The number of nitrogens with one attached hydrogen (secondary N) is 1. The maximum atomic E-state index is 12.2. The Morgan fingerprint density at radius 1 is 1.07 bits per heavy atom. The highest BCUT2D eigenvalue weighted by Crippen LogP contribution is 2.10. The second-order valence-electron chi connectivity index (χ2n) is 7.37. The number of alkyl carbamates (subject to hydrolysis) is 1. The third kappa shape index (κ3) is 10.2. The van der Waals surface area contributed by atoms with E-state index in [2.05, 4.69) is 5.32 Å². The number of benzene rings is 1. The molecular weight excluding hydrogens is 350 g/mol. The second kappa shape index (κ2) is 10.5. The SMILES string of the molecule is CC(C)OC(=O)C(CCC(=O)OCc1ccccc1)NC(=O)OC(C)(C)C. The van der Waals surface area contributed by atoms with Crippen molar-refractivity contribution in [1.82, 2.24) is 5.32 Å². The van der Waals surface area contributed by atoms with Crippen LogP contribution in [0.4, 0.5) is 4.79 Å². The molecule has 0 heterocycles. The minimum Gasteiger partial charge on any atom is -0.461 e. The van der Waals surface area contributed by atoms with E-state index in [1.54, 1.807) is 34.6 Å². The molecule has 0 radical (unpaired) electrons. The lowest BCUT2D eigenvalue weighted by molar-refractivity contribution is -0.151. The van der Waals surface area contributed by atoms with Crippen molar-refractivity contribution in [3.8, 4) is 0 Å². The molecule has 1 rings (SSSR count). The van der Waals surface area contributed by atoms with Crippen LogP contribution in [0.2, 0.25) is 0 Å². The summed E-state index contributed by atoms with van der Waals surface area (Å²) in [5.41, 5.74) is 0.166. The minimum absolute atomic E-state index is 0.0412. The molecule has 1 N–H and O–H groups in total. The smallest absolute Gasteiger partial charge is 0.408 e. The number of hydrogen-bond acceptors (Lipinski definition) is 6. The topological polar surface area (TPSA) is 90.9 Å². The third-order valence-corrected chi connectivity index (χ3v) is 3.21. The highest BCUT2D eigenvalue weighted by molar-refractivity contribution is 5.82. The Bertz CT molecular complexity index is 621. The van der Waals surface area contributed by atoms with Crippen molar-refractivity contribution in [3.63, 3.8) is 0 Å². The van der Waals surface area contributed by atoms with Crippen LogP contribution in [0.15, 0.2) is 30.3 Å². The first-order valence-electron chi connectivity index (χ1n) is 8.96. The summed E-state index contributed by atoms with van der Waals surface area (Å²) in [5.74, 6) is -1.08. The molecule has 0 aliphatic rings. The molecule has 1 aromatic rings. The van der Waals surface area contributed by atoms with Gasteiger partial charge in [0, 0.05) is 6.42 Å². The number of carbonyl (C=O) groups is 3. The minimum atomic E-state index is -0.994. The van der Waals surface area contributed by atoms with Crippen molar-refractivity contribution in [3.05, 3.63) is 35.9 Å². The van der Waals surface area contributed by atoms with Gasteiger partial charge in [-0.2, -0.15) is 0 Å². The van der Waals surface area contributed by atoms with Crippen LogP contribution in [0.25, 0.3) is 0 Å². The van der Waals surface area contributed by atoms with Gasteiger partial charge in [0.05, 0.1) is 6.10 Å². The van der Waals surface area contributed by atoms with Crippen LogP contribution >= 0.6 is 0 Å². The summed E-state index contributed by atoms with van der Waals surface area (Å²) in [6.45, 7) is 8.71. The lowest BCUT2D eigenvalue weighted by atomic mass is 10.1. The molecule has 1 aromatic carbocycles. The van der Waals surface area contributed by atoms with Crippen LogP contribution in [-0.2, 0) is 30.4 Å². The molecule has 1 unspecified atom stereocenters. The summed E-state index contributed by atoms with van der Waals surface area (Å²) < 4.78 is 15.5. The quantitative estimate of drug-likeness (QED) is 0.550. The summed E-state index contributed by atoms with van der Waals surface area (Å²) >= 11 is 0. The molecule has 0 spiro atoms. The van der Waals surface area contributed by atoms with Crippen LogP contribution < -0.4 is 5.32 Å². The zero-order chi connectivity index (χ0) is 20.4. The van der Waals surface area contributed by atoms with Gasteiger partial charge >= 0.3 is 18.0 Å². The van der Waals surface area contributed by atoms with E-state index in [1.807, 2.05) is 30.3 Å². The highest BCUT2D eigenvalue weighted by atomic mass is 16.6. The summed E-state index contributed by atoms with van der Waals surface area (Å²) in [6.07, 6.45) is -1.07. The fourth-order valence-electron chi connectivity index (χ4n) is 2.09. The molecule has 150 valence electrons. The predicted molar refractivity (Wildman–Crippen MR) is 99.9 cm³/mol. The molecule has 1 amide bonds. The molecule has 7 nitrogen and oxygen atoms in total. The zero-order valence-corrected chi connectivity index (χ0v) is 16.6. The average Bonchev–Trinajstić information content (AvgIpc) is 2.55. The molecule has 0 fully saturated rings. The van der Waals surface area contributed by atoms with Gasteiger partial charge in [-0.15, -0.1) is 0 Å². The first-order chi connectivity index (χ1) is 12.6. The maximum Gasteiger partial charge on any atom is 0.408 e. The van der Waals surface area contributed by atoms with Crippen molar-refractivity contribution >= 4 is 18.0 Å². The standard InChI is InChI=1S/C20H29NO6/c1-14(2)26-18(23)16(21-19(24)27-20(3,4)5)11-12-17(22)25-13-15-9-7-6-8-10-15/h6-10,14,16H,11-13H2,1-5H3,(H,21,24). The van der Waals surface area contributed by atoms with E-state index in [-0.39, 0.29) is 25.6 Å². The normalized spacial score (nSPS) is 12.2. The van der Waals surface area contributed by atoms with Gasteiger partial charge in [0.2, 0.25) is 0 Å². The van der Waals surface area contributed by atoms with E-state index in [9.17, 15) is 14.4 Å². The molecule has 27 heavy (non-hydrogen) atoms. The van der Waals surface area contributed by atoms with Crippen molar-refractivity contribution in [1.29, 1.82) is 0 Å². The Morgan fingerprint density at radius 3 is 2.26 bits per heavy atom. The summed E-state index contributed by atoms with van der Waals surface area (Å²) in [4.78, 5) is 36.1. The third-order valence-electron chi connectivity index (χ3n) is 3.21. The van der Waals surface area contributed by atoms with Gasteiger partial charge in [-0.3, -0.25) is 4.79 Å². The van der Waals surface area contributed by atoms with E-state index < -0.39 is 29.7 Å². The molecule has 0 bridgehead atoms. The fraction of sp³-hybridized carbons (Fsp3) is 0.550. The zero-order valence-electron chi connectivity index (χ0n) is 16.6. The Kier molecular flexibility index (Phi) is 8.78. The van der Waals surface area contributed by atoms with E-state index in [0.29, 0.717) is 0 Å². The van der Waals surface area contributed by atoms with Gasteiger partial charge in [0.1, 0.15) is 18.2 Å². The number of esters is 2. The fourth-order valence-corrected chi connectivity index (χ4v) is 2.09. The molecule has 0 aromatic heterocycles. The summed E-state index contributed by atoms with van der Waals surface area (Å²) in [5, 5.41) is 2.46. The largest absolute Gasteiger partial charge is 0.461 e. The van der Waals surface area contributed by atoms with Crippen molar-refractivity contribution in [2.45, 2.75) is 71.8 Å². The molecule has 0 aliphatic carbocycles. The number of amides is 1. The van der Waals surface area contributed by atoms with E-state index in [0.717, 1.165) is 5.56 Å². The second-order valence-corrected chi connectivity index (χ2v) is 7.37. The van der Waals surface area contributed by atoms with Crippen LogP contribution in [0, 0.1) is 0 Å². The predicted octanol–water partition coefficient (Wildman–Crippen LogP) is 3.35. The number of hydrogen-bond donors (Lipinski definition) is 1. The maximum absolute atomic E-state index is 12.2. The van der Waals surface area contributed by atoms with Gasteiger partial charge in [-0.25, -0.2) is 9.59 Å². The summed E-state index contributed by atoms with van der Waals surface area (Å²) in [7, 11) is 0. The lowest BCUT2D eigenvalue weighted by Crippen LogP contribution is -2.45. The van der Waals surface area contributed by atoms with Crippen LogP contribution in [-0.4, -0.2) is 35.8 Å². The Labute approximate surface area is 160 Å². The number of ether oxygens (including phenoxy) is 3. The Morgan fingerprint density at radius 2 is 1.70 bits per heavy atom. The summed E-state index contributed by atoms with van der Waals surface area (Å²) in [6, 6.07) is 8.28. The lowest BCUT2D eigenvalue weighted by Gasteiger charge is -2.23. The van der Waals surface area contributed by atoms with Crippen LogP contribution in [0.1, 0.15) is 53.0 Å². The van der Waals surface area contributed by atoms with Crippen molar-refractivity contribution < 1.29 is 28.6 Å². The number of carbonyl (C=O) groups excluding carboxylic acids is 3. The monoisotopic (exact) mass is 379 g/mol. The van der Waals surface area contributed by atoms with Gasteiger partial charge in [-0.05, 0) is 46.6 Å². The van der Waals surface area contributed by atoms with E-state index in [4.69, 9.17) is 14.2 Å². The average molecular weight is 379 g/mol. The molecule has 1 atom stereocenters. The molecule has 7 heteroatoms. The molecule has 0 aliphatic heterocycles. The van der Waals surface area contributed by atoms with Gasteiger partial charge in [0.15, 0.2) is 0 Å². The Balaban J connectivity index is 2.57. The molecular formula is C20H29NO6. The van der Waals surface area contributed by atoms with Gasteiger partial charge < -0.3 is 19.5 Å². The number of rotatable bonds is 8. The van der Waals surface area contributed by atoms with E-state index in [1.165, 1.54) is 0 Å². The highest BCUT2D eigenvalue weighted by Gasteiger charge is 2.27. The van der Waals surface area contributed by atoms with Crippen molar-refractivity contribution in [2.24, 2.45) is 0 Å². The van der Waals surface area contributed by atoms with Crippen molar-refractivity contribution in [2.75, 3.05) is 0 Å². The molecule has 0 saturated heterocycles. The molecule has 0 saturated carbocycles. The van der Waals surface area contributed by atoms with Gasteiger partial charge in [-0.1, -0.05) is 30.3 Å². The Hall–Kier alpha value is -2.57. The first-order valence-corrected chi connectivity index (χ1v) is 8.96. The van der Waals surface area contributed by atoms with E-state index >= 15 is 0 Å².